The smallest absolute Gasteiger partial charge is 0.186 e. The lowest BCUT2D eigenvalue weighted by molar-refractivity contribution is -0.108. The van der Waals surface area contributed by atoms with Gasteiger partial charge in [0, 0.05) is 6.42 Å². The van der Waals surface area contributed by atoms with Gasteiger partial charge in [0.15, 0.2) is 5.96 Å². The summed E-state index contributed by atoms with van der Waals surface area (Å²) in [6.07, 6.45) is 1.27. The zero-order chi connectivity index (χ0) is 10.4. The molecule has 1 atom stereocenters. The summed E-state index contributed by atoms with van der Waals surface area (Å²) in [4.78, 5) is 14.4. The Hall–Kier alpha value is -1.84. The molecule has 0 radical (unpaired) electrons. The van der Waals surface area contributed by atoms with Crippen LogP contribution in [0.4, 0.5) is 0 Å². The lowest BCUT2D eigenvalue weighted by Gasteiger charge is -2.04. The third-order valence-corrected chi connectivity index (χ3v) is 1.76. The topological polar surface area (TPSA) is 81.5 Å². The predicted octanol–water partition coefficient (Wildman–Crippen LogP) is 0.0700. The van der Waals surface area contributed by atoms with E-state index in [1.54, 1.807) is 0 Å². The van der Waals surface area contributed by atoms with Gasteiger partial charge in [-0.3, -0.25) is 0 Å². The number of nitrogens with two attached hydrogens (primary N) is 2. The molecule has 0 spiro atoms. The van der Waals surface area contributed by atoms with Gasteiger partial charge in [0.1, 0.15) is 12.3 Å². The second-order valence-electron chi connectivity index (χ2n) is 2.95. The number of nitrogens with zero attached hydrogens (tertiary/aromatic N) is 1. The molecule has 0 aliphatic heterocycles. The summed E-state index contributed by atoms with van der Waals surface area (Å²) in [6.45, 7) is 0. The predicted molar refractivity (Wildman–Crippen MR) is 55.8 cm³/mol. The summed E-state index contributed by atoms with van der Waals surface area (Å²) in [7, 11) is 0. The highest BCUT2D eigenvalue weighted by molar-refractivity contribution is 5.78. The molecule has 4 heteroatoms. The third-order valence-electron chi connectivity index (χ3n) is 1.76. The van der Waals surface area contributed by atoms with E-state index in [9.17, 15) is 4.79 Å². The minimum atomic E-state index is -0.484. The Morgan fingerprint density at radius 2 is 2.00 bits per heavy atom. The maximum Gasteiger partial charge on any atom is 0.186 e. The Morgan fingerprint density at radius 3 is 2.50 bits per heavy atom. The van der Waals surface area contributed by atoms with Crippen LogP contribution in [0.2, 0.25) is 0 Å². The highest BCUT2D eigenvalue weighted by Gasteiger charge is 2.05. The molecule has 0 bridgehead atoms. The average Bonchev–Trinajstić information content (AvgIpc) is 2.17. The SMILES string of the molecule is NC(N)=NC(C=O)Cc1ccccc1. The van der Waals surface area contributed by atoms with Crippen molar-refractivity contribution in [3.63, 3.8) is 0 Å². The largest absolute Gasteiger partial charge is 0.370 e. The van der Waals surface area contributed by atoms with Crippen molar-refractivity contribution >= 4 is 12.2 Å². The molecular weight excluding hydrogens is 178 g/mol. The monoisotopic (exact) mass is 191 g/mol. The Kier molecular flexibility index (Phi) is 3.67. The maximum atomic E-state index is 10.6. The van der Waals surface area contributed by atoms with E-state index in [4.69, 9.17) is 11.5 Å². The first-order valence-electron chi connectivity index (χ1n) is 4.30. The van der Waals surface area contributed by atoms with Crippen LogP contribution in [0.3, 0.4) is 0 Å². The van der Waals surface area contributed by atoms with E-state index in [-0.39, 0.29) is 5.96 Å². The first-order valence-corrected chi connectivity index (χ1v) is 4.30. The number of aliphatic imine (C=N–C) groups is 1. The number of carbonyl (C=O) groups is 1. The molecule has 0 heterocycles. The summed E-state index contributed by atoms with van der Waals surface area (Å²) in [5, 5.41) is 0. The van der Waals surface area contributed by atoms with Gasteiger partial charge in [0.2, 0.25) is 0 Å². The van der Waals surface area contributed by atoms with E-state index < -0.39 is 6.04 Å². The van der Waals surface area contributed by atoms with Gasteiger partial charge in [0.05, 0.1) is 0 Å². The van der Waals surface area contributed by atoms with Crippen LogP contribution >= 0.6 is 0 Å². The van der Waals surface area contributed by atoms with E-state index in [0.29, 0.717) is 6.42 Å². The molecule has 1 rings (SSSR count). The molecule has 0 fully saturated rings. The number of rotatable bonds is 4. The number of hydrogen-bond acceptors (Lipinski definition) is 2. The minimum absolute atomic E-state index is 0.0574. The molecule has 4 N–H and O–H groups in total. The molecule has 1 aromatic carbocycles. The quantitative estimate of drug-likeness (QED) is 0.401. The fourth-order valence-corrected chi connectivity index (χ4v) is 1.17. The zero-order valence-corrected chi connectivity index (χ0v) is 7.76. The lowest BCUT2D eigenvalue weighted by atomic mass is 10.1. The van der Waals surface area contributed by atoms with Crippen molar-refractivity contribution in [2.24, 2.45) is 16.5 Å². The molecule has 0 saturated carbocycles. The molecule has 0 saturated heterocycles. The van der Waals surface area contributed by atoms with Crippen molar-refractivity contribution in [1.29, 1.82) is 0 Å². The minimum Gasteiger partial charge on any atom is -0.370 e. The van der Waals surface area contributed by atoms with E-state index in [2.05, 4.69) is 4.99 Å². The van der Waals surface area contributed by atoms with E-state index >= 15 is 0 Å². The van der Waals surface area contributed by atoms with Gasteiger partial charge in [-0.2, -0.15) is 0 Å². The normalized spacial score (nSPS) is 11.7. The zero-order valence-electron chi connectivity index (χ0n) is 7.76. The molecule has 4 nitrogen and oxygen atoms in total. The van der Waals surface area contributed by atoms with Crippen LogP contribution < -0.4 is 11.5 Å². The van der Waals surface area contributed by atoms with Gasteiger partial charge in [-0.1, -0.05) is 30.3 Å². The summed E-state index contributed by atoms with van der Waals surface area (Å²) in [6, 6.07) is 9.11. The van der Waals surface area contributed by atoms with Gasteiger partial charge < -0.3 is 16.3 Å². The van der Waals surface area contributed by atoms with Gasteiger partial charge in [-0.15, -0.1) is 0 Å². The molecule has 74 valence electrons. The van der Waals surface area contributed by atoms with Crippen molar-refractivity contribution < 1.29 is 4.79 Å². The molecule has 0 aliphatic rings. The van der Waals surface area contributed by atoms with Crippen molar-refractivity contribution in [3.05, 3.63) is 35.9 Å². The Labute approximate surface area is 82.6 Å². The first-order chi connectivity index (χ1) is 6.72. The highest BCUT2D eigenvalue weighted by atomic mass is 16.1. The molecule has 1 unspecified atom stereocenters. The molecule has 14 heavy (non-hydrogen) atoms. The Balaban J connectivity index is 2.67. The van der Waals surface area contributed by atoms with Crippen molar-refractivity contribution in [3.8, 4) is 0 Å². The lowest BCUT2D eigenvalue weighted by Crippen LogP contribution is -2.26. The van der Waals surface area contributed by atoms with Gasteiger partial charge >= 0.3 is 0 Å². The summed E-state index contributed by atoms with van der Waals surface area (Å²) in [5.74, 6) is -0.0574. The van der Waals surface area contributed by atoms with Crippen LogP contribution in [-0.4, -0.2) is 18.3 Å². The number of aldehydes is 1. The van der Waals surface area contributed by atoms with E-state index in [1.807, 2.05) is 30.3 Å². The van der Waals surface area contributed by atoms with Gasteiger partial charge in [0.25, 0.3) is 0 Å². The number of guanidine groups is 1. The van der Waals surface area contributed by atoms with Gasteiger partial charge in [-0.05, 0) is 5.56 Å². The van der Waals surface area contributed by atoms with E-state index in [1.165, 1.54) is 0 Å². The maximum absolute atomic E-state index is 10.6. The third kappa shape index (κ3) is 3.26. The summed E-state index contributed by atoms with van der Waals surface area (Å²) < 4.78 is 0. The average molecular weight is 191 g/mol. The van der Waals surface area contributed by atoms with Crippen molar-refractivity contribution in [2.45, 2.75) is 12.5 Å². The van der Waals surface area contributed by atoms with Crippen molar-refractivity contribution in [2.75, 3.05) is 0 Å². The second kappa shape index (κ2) is 5.01. The number of carbonyl (C=O) groups excluding carboxylic acids is 1. The first kappa shape index (κ1) is 10.2. The summed E-state index contributed by atoms with van der Waals surface area (Å²) in [5.41, 5.74) is 11.4. The standard InChI is InChI=1S/C10H13N3O/c11-10(12)13-9(7-14)6-8-4-2-1-3-5-8/h1-5,7,9H,6H2,(H4,11,12,13). The molecule has 1 aromatic rings. The van der Waals surface area contributed by atoms with Crippen LogP contribution in [0.25, 0.3) is 0 Å². The summed E-state index contributed by atoms with van der Waals surface area (Å²) >= 11 is 0. The van der Waals surface area contributed by atoms with E-state index in [0.717, 1.165) is 11.8 Å². The Bertz CT molecular complexity index is 317. The van der Waals surface area contributed by atoms with Gasteiger partial charge in [-0.25, -0.2) is 4.99 Å². The molecule has 0 aliphatic carbocycles. The molecule has 0 aromatic heterocycles. The van der Waals surface area contributed by atoms with Crippen molar-refractivity contribution in [1.82, 2.24) is 0 Å². The van der Waals surface area contributed by atoms with Crippen LogP contribution in [-0.2, 0) is 11.2 Å². The highest BCUT2D eigenvalue weighted by Crippen LogP contribution is 2.03. The van der Waals surface area contributed by atoms with Crippen LogP contribution in [0, 0.1) is 0 Å². The van der Waals surface area contributed by atoms with Crippen LogP contribution in [0.5, 0.6) is 0 Å². The van der Waals surface area contributed by atoms with Crippen LogP contribution in [0.15, 0.2) is 35.3 Å². The number of benzene rings is 1. The van der Waals surface area contributed by atoms with Crippen LogP contribution in [0.1, 0.15) is 5.56 Å². The Morgan fingerprint density at radius 1 is 1.36 bits per heavy atom. The fourth-order valence-electron chi connectivity index (χ4n) is 1.17. The fraction of sp³-hybridized carbons (Fsp3) is 0.200. The molecule has 0 amide bonds. The number of hydrogen-bond donors (Lipinski definition) is 2. The molecular formula is C10H13N3O. The second-order valence-corrected chi connectivity index (χ2v) is 2.95.